The van der Waals surface area contributed by atoms with Crippen LogP contribution in [0.2, 0.25) is 0 Å². The Morgan fingerprint density at radius 1 is 1.21 bits per heavy atom. The van der Waals surface area contributed by atoms with Gasteiger partial charge in [-0.1, -0.05) is 19.1 Å². The molecule has 100 valence electrons. The third-order valence-electron chi connectivity index (χ3n) is 2.63. The van der Waals surface area contributed by atoms with Crippen molar-refractivity contribution < 1.29 is 4.74 Å². The number of aryl methyl sites for hydroxylation is 1. The smallest absolute Gasteiger partial charge is 0.161 e. The second-order valence-electron chi connectivity index (χ2n) is 4.66. The first kappa shape index (κ1) is 13.3. The number of rotatable bonds is 4. The third-order valence-corrected chi connectivity index (χ3v) is 2.63. The molecule has 1 heterocycles. The summed E-state index contributed by atoms with van der Waals surface area (Å²) >= 11 is 0. The van der Waals surface area contributed by atoms with Crippen molar-refractivity contribution in [2.24, 2.45) is 0 Å². The normalized spacial score (nSPS) is 10.7. The van der Waals surface area contributed by atoms with Crippen LogP contribution < -0.4 is 10.5 Å². The number of aromatic nitrogens is 2. The minimum Gasteiger partial charge on any atom is -0.491 e. The SMILES string of the molecule is CCc1cc(N)nc(-c2cccc(OC(C)C)c2)n1. The van der Waals surface area contributed by atoms with Crippen LogP contribution in [-0.4, -0.2) is 16.1 Å². The van der Waals surface area contributed by atoms with E-state index in [-0.39, 0.29) is 6.10 Å². The summed E-state index contributed by atoms with van der Waals surface area (Å²) < 4.78 is 5.68. The van der Waals surface area contributed by atoms with E-state index in [0.29, 0.717) is 11.6 Å². The van der Waals surface area contributed by atoms with Crippen LogP contribution in [0.25, 0.3) is 11.4 Å². The standard InChI is InChI=1S/C15H19N3O/c1-4-12-9-14(16)18-15(17-12)11-6-5-7-13(8-11)19-10(2)3/h5-10H,4H2,1-3H3,(H2,16,17,18). The maximum Gasteiger partial charge on any atom is 0.161 e. The number of nitrogens with two attached hydrogens (primary N) is 1. The molecule has 0 aliphatic rings. The second-order valence-corrected chi connectivity index (χ2v) is 4.66. The van der Waals surface area contributed by atoms with E-state index in [9.17, 15) is 0 Å². The molecule has 0 aliphatic heterocycles. The molecule has 1 aromatic heterocycles. The molecule has 0 saturated heterocycles. The molecule has 0 aliphatic carbocycles. The van der Waals surface area contributed by atoms with E-state index < -0.39 is 0 Å². The predicted molar refractivity (Wildman–Crippen MR) is 77.0 cm³/mol. The van der Waals surface area contributed by atoms with Crippen molar-refractivity contribution in [3.05, 3.63) is 36.0 Å². The van der Waals surface area contributed by atoms with Crippen molar-refractivity contribution in [3.8, 4) is 17.1 Å². The second kappa shape index (κ2) is 5.69. The van der Waals surface area contributed by atoms with Crippen molar-refractivity contribution in [2.45, 2.75) is 33.3 Å². The Kier molecular flexibility index (Phi) is 4.00. The molecule has 4 nitrogen and oxygen atoms in total. The summed E-state index contributed by atoms with van der Waals surface area (Å²) in [5.74, 6) is 1.96. The molecule has 0 atom stereocenters. The zero-order valence-electron chi connectivity index (χ0n) is 11.6. The number of ether oxygens (including phenoxy) is 1. The van der Waals surface area contributed by atoms with Crippen molar-refractivity contribution >= 4 is 5.82 Å². The van der Waals surface area contributed by atoms with Gasteiger partial charge in [0, 0.05) is 17.3 Å². The Morgan fingerprint density at radius 3 is 2.68 bits per heavy atom. The highest BCUT2D eigenvalue weighted by molar-refractivity contribution is 5.59. The van der Waals surface area contributed by atoms with Gasteiger partial charge < -0.3 is 10.5 Å². The van der Waals surface area contributed by atoms with E-state index >= 15 is 0 Å². The Bertz CT molecular complexity index is 567. The summed E-state index contributed by atoms with van der Waals surface area (Å²) in [6, 6.07) is 9.56. The van der Waals surface area contributed by atoms with E-state index in [2.05, 4.69) is 9.97 Å². The molecule has 2 rings (SSSR count). The van der Waals surface area contributed by atoms with Crippen LogP contribution >= 0.6 is 0 Å². The number of benzene rings is 1. The van der Waals surface area contributed by atoms with Gasteiger partial charge in [0.1, 0.15) is 11.6 Å². The average molecular weight is 257 g/mol. The van der Waals surface area contributed by atoms with E-state index in [4.69, 9.17) is 10.5 Å². The number of nitrogen functional groups attached to an aromatic ring is 1. The van der Waals surface area contributed by atoms with Crippen LogP contribution in [0.5, 0.6) is 5.75 Å². The number of nitrogens with zero attached hydrogens (tertiary/aromatic N) is 2. The first-order chi connectivity index (χ1) is 9.08. The summed E-state index contributed by atoms with van der Waals surface area (Å²) in [7, 11) is 0. The molecule has 2 aromatic rings. The Hall–Kier alpha value is -2.10. The van der Waals surface area contributed by atoms with Gasteiger partial charge in [0.25, 0.3) is 0 Å². The van der Waals surface area contributed by atoms with Gasteiger partial charge >= 0.3 is 0 Å². The summed E-state index contributed by atoms with van der Waals surface area (Å²) in [6.45, 7) is 6.04. The predicted octanol–water partition coefficient (Wildman–Crippen LogP) is 3.08. The number of anilines is 1. The largest absolute Gasteiger partial charge is 0.491 e. The molecule has 0 unspecified atom stereocenters. The topological polar surface area (TPSA) is 61.0 Å². The molecular formula is C15H19N3O. The quantitative estimate of drug-likeness (QED) is 0.914. The average Bonchev–Trinajstić information content (AvgIpc) is 2.37. The zero-order valence-corrected chi connectivity index (χ0v) is 11.6. The first-order valence-electron chi connectivity index (χ1n) is 6.49. The van der Waals surface area contributed by atoms with Crippen LogP contribution in [0.3, 0.4) is 0 Å². The molecule has 2 N–H and O–H groups in total. The molecule has 4 heteroatoms. The molecule has 19 heavy (non-hydrogen) atoms. The Labute approximate surface area is 113 Å². The summed E-state index contributed by atoms with van der Waals surface area (Å²) in [6.07, 6.45) is 0.977. The third kappa shape index (κ3) is 3.44. The maximum absolute atomic E-state index is 5.81. The minimum absolute atomic E-state index is 0.142. The fraction of sp³-hybridized carbons (Fsp3) is 0.333. The monoisotopic (exact) mass is 257 g/mol. The lowest BCUT2D eigenvalue weighted by molar-refractivity contribution is 0.242. The van der Waals surface area contributed by atoms with Crippen molar-refractivity contribution in [3.63, 3.8) is 0 Å². The van der Waals surface area contributed by atoms with E-state index in [0.717, 1.165) is 23.4 Å². The highest BCUT2D eigenvalue weighted by Crippen LogP contribution is 2.22. The molecule has 0 spiro atoms. The Morgan fingerprint density at radius 2 is 2.00 bits per heavy atom. The van der Waals surface area contributed by atoms with Gasteiger partial charge in [0.05, 0.1) is 6.10 Å². The first-order valence-corrected chi connectivity index (χ1v) is 6.49. The molecule has 0 amide bonds. The molecule has 0 saturated carbocycles. The van der Waals surface area contributed by atoms with Gasteiger partial charge in [0.15, 0.2) is 5.82 Å². The molecule has 0 fully saturated rings. The van der Waals surface area contributed by atoms with Crippen molar-refractivity contribution in [2.75, 3.05) is 5.73 Å². The summed E-state index contributed by atoms with van der Waals surface area (Å²) in [4.78, 5) is 8.78. The van der Waals surface area contributed by atoms with Crippen LogP contribution in [0.4, 0.5) is 5.82 Å². The van der Waals surface area contributed by atoms with Crippen molar-refractivity contribution in [1.29, 1.82) is 0 Å². The van der Waals surface area contributed by atoms with E-state index in [1.54, 1.807) is 6.07 Å². The minimum atomic E-state index is 0.142. The molecule has 0 bridgehead atoms. The van der Waals surface area contributed by atoms with Crippen LogP contribution in [0, 0.1) is 0 Å². The highest BCUT2D eigenvalue weighted by Gasteiger charge is 2.06. The summed E-state index contributed by atoms with van der Waals surface area (Å²) in [5, 5.41) is 0. The fourth-order valence-corrected chi connectivity index (χ4v) is 1.81. The van der Waals surface area contributed by atoms with Gasteiger partial charge in [-0.3, -0.25) is 0 Å². The highest BCUT2D eigenvalue weighted by atomic mass is 16.5. The van der Waals surface area contributed by atoms with Crippen LogP contribution in [-0.2, 0) is 6.42 Å². The number of hydrogen-bond donors (Lipinski definition) is 1. The molecule has 0 radical (unpaired) electrons. The van der Waals surface area contributed by atoms with Crippen LogP contribution in [0.1, 0.15) is 26.5 Å². The van der Waals surface area contributed by atoms with Crippen LogP contribution in [0.15, 0.2) is 30.3 Å². The lowest BCUT2D eigenvalue weighted by Gasteiger charge is -2.11. The van der Waals surface area contributed by atoms with E-state index in [1.807, 2.05) is 45.0 Å². The number of hydrogen-bond acceptors (Lipinski definition) is 4. The maximum atomic E-state index is 5.81. The molecular weight excluding hydrogens is 238 g/mol. The summed E-state index contributed by atoms with van der Waals surface area (Å²) in [5.41, 5.74) is 7.67. The fourth-order valence-electron chi connectivity index (χ4n) is 1.81. The lowest BCUT2D eigenvalue weighted by Crippen LogP contribution is -2.05. The molecule has 1 aromatic carbocycles. The zero-order chi connectivity index (χ0) is 13.8. The van der Waals surface area contributed by atoms with Gasteiger partial charge in [-0.25, -0.2) is 9.97 Å². The van der Waals surface area contributed by atoms with Gasteiger partial charge in [-0.05, 0) is 32.4 Å². The Balaban J connectivity index is 2.38. The van der Waals surface area contributed by atoms with Gasteiger partial charge in [0.2, 0.25) is 0 Å². The van der Waals surface area contributed by atoms with Gasteiger partial charge in [-0.15, -0.1) is 0 Å². The van der Waals surface area contributed by atoms with Crippen molar-refractivity contribution in [1.82, 2.24) is 9.97 Å². The van der Waals surface area contributed by atoms with E-state index in [1.165, 1.54) is 0 Å². The van der Waals surface area contributed by atoms with Gasteiger partial charge in [-0.2, -0.15) is 0 Å². The lowest BCUT2D eigenvalue weighted by atomic mass is 10.2.